The van der Waals surface area contributed by atoms with Crippen LogP contribution in [0.2, 0.25) is 0 Å². The van der Waals surface area contributed by atoms with Gasteiger partial charge < -0.3 is 0 Å². The number of aryl methyl sites for hydroxylation is 3. The molecular formula is C16H22N2O2S2. The number of aromatic nitrogens is 1. The summed E-state index contributed by atoms with van der Waals surface area (Å²) in [5.74, 6) is 0.0732. The minimum Gasteiger partial charge on any atom is -0.244 e. The number of hydrogen-bond acceptors (Lipinski definition) is 4. The van der Waals surface area contributed by atoms with Crippen LogP contribution in [0.4, 0.5) is 0 Å². The average Bonchev–Trinajstić information content (AvgIpc) is 2.78. The molecule has 0 aliphatic carbocycles. The van der Waals surface area contributed by atoms with E-state index in [1.165, 1.54) is 11.3 Å². The van der Waals surface area contributed by atoms with Crippen LogP contribution in [0.15, 0.2) is 30.3 Å². The fourth-order valence-electron chi connectivity index (χ4n) is 2.12. The Balaban J connectivity index is 2.07. The molecule has 0 saturated heterocycles. The van der Waals surface area contributed by atoms with E-state index in [1.54, 1.807) is 0 Å². The summed E-state index contributed by atoms with van der Waals surface area (Å²) < 4.78 is 27.5. The molecule has 0 atom stereocenters. The molecule has 1 aromatic heterocycles. The van der Waals surface area contributed by atoms with Crippen molar-refractivity contribution in [2.24, 2.45) is 0 Å². The molecule has 0 radical (unpaired) electrons. The molecule has 0 unspecified atom stereocenters. The van der Waals surface area contributed by atoms with Gasteiger partial charge in [-0.1, -0.05) is 30.3 Å². The normalized spacial score (nSPS) is 12.5. The Labute approximate surface area is 136 Å². The Morgan fingerprint density at radius 2 is 1.82 bits per heavy atom. The molecule has 0 bridgehead atoms. The molecule has 1 heterocycles. The van der Waals surface area contributed by atoms with Gasteiger partial charge >= 0.3 is 0 Å². The lowest BCUT2D eigenvalue weighted by Gasteiger charge is -2.23. The van der Waals surface area contributed by atoms with E-state index in [4.69, 9.17) is 0 Å². The van der Waals surface area contributed by atoms with Crippen molar-refractivity contribution in [3.63, 3.8) is 0 Å². The molecule has 120 valence electrons. The van der Waals surface area contributed by atoms with Crippen LogP contribution in [0.1, 0.15) is 35.0 Å². The Kier molecular flexibility index (Phi) is 5.04. The molecule has 0 spiro atoms. The molecule has 1 N–H and O–H groups in total. The highest BCUT2D eigenvalue weighted by molar-refractivity contribution is 7.89. The van der Waals surface area contributed by atoms with E-state index < -0.39 is 15.6 Å². The maximum absolute atomic E-state index is 12.4. The lowest BCUT2D eigenvalue weighted by Crippen LogP contribution is -2.42. The molecule has 0 amide bonds. The maximum atomic E-state index is 12.4. The van der Waals surface area contributed by atoms with Gasteiger partial charge in [-0.05, 0) is 39.7 Å². The highest BCUT2D eigenvalue weighted by atomic mass is 32.2. The third-order valence-corrected chi connectivity index (χ3v) is 6.44. The van der Waals surface area contributed by atoms with Crippen LogP contribution in [0, 0.1) is 13.8 Å². The monoisotopic (exact) mass is 338 g/mol. The smallest absolute Gasteiger partial charge is 0.212 e. The first-order valence-electron chi connectivity index (χ1n) is 7.20. The molecule has 1 aromatic carbocycles. The van der Waals surface area contributed by atoms with E-state index in [0.29, 0.717) is 6.42 Å². The van der Waals surface area contributed by atoms with Crippen LogP contribution in [-0.2, 0) is 22.0 Å². The van der Waals surface area contributed by atoms with Gasteiger partial charge in [0, 0.05) is 4.88 Å². The second-order valence-electron chi connectivity index (χ2n) is 5.94. The van der Waals surface area contributed by atoms with Gasteiger partial charge in [-0.25, -0.2) is 18.1 Å². The number of thiazole rings is 1. The van der Waals surface area contributed by atoms with E-state index in [1.807, 2.05) is 58.0 Å². The minimum atomic E-state index is -3.37. The number of nitrogens with zero attached hydrogens (tertiary/aromatic N) is 1. The standard InChI is InChI=1S/C16H22N2O2S2/c1-12-13(2)21-15(17-12)16(3,4)18-22(19,20)11-10-14-8-6-5-7-9-14/h5-9,18H,10-11H2,1-4H3. The summed E-state index contributed by atoms with van der Waals surface area (Å²) >= 11 is 1.54. The van der Waals surface area contributed by atoms with Gasteiger partial charge in [0.05, 0.1) is 17.0 Å². The topological polar surface area (TPSA) is 59.1 Å². The van der Waals surface area contributed by atoms with Crippen molar-refractivity contribution in [3.05, 3.63) is 51.5 Å². The fourth-order valence-corrected chi connectivity index (χ4v) is 4.64. The van der Waals surface area contributed by atoms with Crippen molar-refractivity contribution in [2.45, 2.75) is 39.7 Å². The van der Waals surface area contributed by atoms with Crippen molar-refractivity contribution < 1.29 is 8.42 Å². The number of nitrogens with one attached hydrogen (secondary N) is 1. The number of benzene rings is 1. The number of sulfonamides is 1. The van der Waals surface area contributed by atoms with E-state index in [0.717, 1.165) is 21.1 Å². The number of rotatable bonds is 6. The molecule has 0 aliphatic rings. The predicted octanol–water partition coefficient (Wildman–Crippen LogP) is 3.16. The zero-order valence-corrected chi connectivity index (χ0v) is 15.0. The third kappa shape index (κ3) is 4.38. The molecule has 0 saturated carbocycles. The Morgan fingerprint density at radius 1 is 1.18 bits per heavy atom. The van der Waals surface area contributed by atoms with Crippen molar-refractivity contribution in [1.29, 1.82) is 0 Å². The first-order valence-corrected chi connectivity index (χ1v) is 9.66. The quantitative estimate of drug-likeness (QED) is 0.880. The van der Waals surface area contributed by atoms with Crippen LogP contribution < -0.4 is 4.72 Å². The van der Waals surface area contributed by atoms with E-state index in [9.17, 15) is 8.42 Å². The molecule has 4 nitrogen and oxygen atoms in total. The Morgan fingerprint density at radius 3 is 2.36 bits per heavy atom. The van der Waals surface area contributed by atoms with Gasteiger partial charge in [0.1, 0.15) is 5.01 Å². The molecule has 2 aromatic rings. The number of hydrogen-bond donors (Lipinski definition) is 1. The fraction of sp³-hybridized carbons (Fsp3) is 0.438. The molecular weight excluding hydrogens is 316 g/mol. The van der Waals surface area contributed by atoms with Crippen LogP contribution in [-0.4, -0.2) is 19.2 Å². The van der Waals surface area contributed by atoms with Gasteiger partial charge in [0.15, 0.2) is 0 Å². The third-order valence-electron chi connectivity index (χ3n) is 3.48. The van der Waals surface area contributed by atoms with Gasteiger partial charge in [-0.15, -0.1) is 11.3 Å². The average molecular weight is 338 g/mol. The summed E-state index contributed by atoms with van der Waals surface area (Å²) in [7, 11) is -3.37. The summed E-state index contributed by atoms with van der Waals surface area (Å²) in [5, 5.41) is 0.797. The summed E-state index contributed by atoms with van der Waals surface area (Å²) in [4.78, 5) is 5.59. The summed E-state index contributed by atoms with van der Waals surface area (Å²) in [5.41, 5.74) is 1.28. The summed E-state index contributed by atoms with van der Waals surface area (Å²) in [6.07, 6.45) is 0.502. The van der Waals surface area contributed by atoms with Crippen LogP contribution in [0.25, 0.3) is 0 Å². The molecule has 0 aliphatic heterocycles. The van der Waals surface area contributed by atoms with E-state index in [-0.39, 0.29) is 5.75 Å². The Hall–Kier alpha value is -1.24. The second-order valence-corrected chi connectivity index (χ2v) is 8.99. The van der Waals surface area contributed by atoms with Crippen LogP contribution in [0.5, 0.6) is 0 Å². The zero-order chi connectivity index (χ0) is 16.4. The molecule has 22 heavy (non-hydrogen) atoms. The Bertz CT molecular complexity index is 715. The van der Waals surface area contributed by atoms with Gasteiger partial charge in [0.25, 0.3) is 0 Å². The first-order chi connectivity index (χ1) is 10.2. The lowest BCUT2D eigenvalue weighted by atomic mass is 10.1. The zero-order valence-electron chi connectivity index (χ0n) is 13.4. The maximum Gasteiger partial charge on any atom is 0.212 e. The second kappa shape index (κ2) is 6.48. The molecule has 0 fully saturated rings. The largest absolute Gasteiger partial charge is 0.244 e. The minimum absolute atomic E-state index is 0.0732. The predicted molar refractivity (Wildman–Crippen MR) is 91.7 cm³/mol. The van der Waals surface area contributed by atoms with E-state index in [2.05, 4.69) is 9.71 Å². The highest BCUT2D eigenvalue weighted by Crippen LogP contribution is 2.27. The molecule has 2 rings (SSSR count). The van der Waals surface area contributed by atoms with Crippen molar-refractivity contribution >= 4 is 21.4 Å². The van der Waals surface area contributed by atoms with Crippen molar-refractivity contribution in [3.8, 4) is 0 Å². The van der Waals surface area contributed by atoms with Gasteiger partial charge in [-0.2, -0.15) is 0 Å². The van der Waals surface area contributed by atoms with Crippen LogP contribution in [0.3, 0.4) is 0 Å². The highest BCUT2D eigenvalue weighted by Gasteiger charge is 2.30. The SMILES string of the molecule is Cc1nc(C(C)(C)NS(=O)(=O)CCc2ccccc2)sc1C. The summed E-state index contributed by atoms with van der Waals surface area (Å²) in [6.45, 7) is 7.64. The van der Waals surface area contributed by atoms with Crippen LogP contribution >= 0.6 is 11.3 Å². The lowest BCUT2D eigenvalue weighted by molar-refractivity contribution is 0.469. The van der Waals surface area contributed by atoms with Crippen molar-refractivity contribution in [2.75, 3.05) is 5.75 Å². The summed E-state index contributed by atoms with van der Waals surface area (Å²) in [6, 6.07) is 9.63. The molecule has 6 heteroatoms. The van der Waals surface area contributed by atoms with Gasteiger partial charge in [-0.3, -0.25) is 0 Å². The van der Waals surface area contributed by atoms with E-state index >= 15 is 0 Å². The first kappa shape index (κ1) is 17.1. The van der Waals surface area contributed by atoms with Crippen molar-refractivity contribution in [1.82, 2.24) is 9.71 Å². The van der Waals surface area contributed by atoms with Gasteiger partial charge in [0.2, 0.25) is 10.0 Å².